The SMILES string of the molecule is CNC(=O)c1c(-c2ccc(F)cc2)oc2cc(NS(=O)(=O)CCCC3OB(O)c4cccc(F)c43)c(C3CC3)cc12. The van der Waals surface area contributed by atoms with Crippen LogP contribution in [0.3, 0.4) is 0 Å². The lowest BCUT2D eigenvalue weighted by molar-refractivity contribution is 0.0964. The Morgan fingerprint density at radius 1 is 1.12 bits per heavy atom. The van der Waals surface area contributed by atoms with Gasteiger partial charge in [-0.2, -0.15) is 0 Å². The van der Waals surface area contributed by atoms with Gasteiger partial charge >= 0.3 is 7.12 Å². The van der Waals surface area contributed by atoms with Gasteiger partial charge in [-0.1, -0.05) is 12.1 Å². The summed E-state index contributed by atoms with van der Waals surface area (Å²) in [7, 11) is -3.57. The van der Waals surface area contributed by atoms with E-state index in [4.69, 9.17) is 9.07 Å². The van der Waals surface area contributed by atoms with Crippen LogP contribution in [0.25, 0.3) is 22.3 Å². The summed E-state index contributed by atoms with van der Waals surface area (Å²) in [5, 5.41) is 13.2. The average molecular weight is 580 g/mol. The first-order valence-corrected chi connectivity index (χ1v) is 15.0. The second kappa shape index (κ2) is 10.6. The van der Waals surface area contributed by atoms with Crippen LogP contribution in [0.5, 0.6) is 0 Å². The van der Waals surface area contributed by atoms with Crippen LogP contribution in [-0.2, 0) is 14.7 Å². The number of benzene rings is 3. The van der Waals surface area contributed by atoms with E-state index in [0.29, 0.717) is 27.7 Å². The molecule has 6 rings (SSSR count). The smallest absolute Gasteiger partial charge is 0.455 e. The molecule has 1 fully saturated rings. The lowest BCUT2D eigenvalue weighted by Crippen LogP contribution is -2.28. The van der Waals surface area contributed by atoms with Gasteiger partial charge in [-0.25, -0.2) is 17.2 Å². The van der Waals surface area contributed by atoms with Gasteiger partial charge in [-0.15, -0.1) is 0 Å². The molecular weight excluding hydrogens is 553 g/mol. The molecule has 1 amide bonds. The van der Waals surface area contributed by atoms with Crippen LogP contribution in [0.2, 0.25) is 0 Å². The van der Waals surface area contributed by atoms with Crippen LogP contribution in [-0.4, -0.2) is 39.3 Å². The van der Waals surface area contributed by atoms with Crippen LogP contribution < -0.4 is 15.5 Å². The first-order valence-electron chi connectivity index (χ1n) is 13.4. The second-order valence-electron chi connectivity index (χ2n) is 10.4. The number of hydrogen-bond donors (Lipinski definition) is 3. The van der Waals surface area contributed by atoms with Crippen LogP contribution in [0, 0.1) is 11.6 Å². The summed E-state index contributed by atoms with van der Waals surface area (Å²) in [6, 6.07) is 13.3. The molecule has 1 aromatic heterocycles. The highest BCUT2D eigenvalue weighted by Crippen LogP contribution is 2.47. The molecule has 41 heavy (non-hydrogen) atoms. The summed E-state index contributed by atoms with van der Waals surface area (Å²) in [6.45, 7) is 0. The molecule has 212 valence electrons. The van der Waals surface area contributed by atoms with Crippen molar-refractivity contribution in [3.05, 3.63) is 82.9 Å². The Morgan fingerprint density at radius 2 is 1.88 bits per heavy atom. The largest absolute Gasteiger partial charge is 0.492 e. The molecule has 12 heteroatoms. The van der Waals surface area contributed by atoms with Crippen molar-refractivity contribution in [2.45, 2.75) is 37.7 Å². The Labute approximate surface area is 235 Å². The molecule has 4 aromatic rings. The molecule has 1 aliphatic heterocycles. The number of carbonyl (C=O) groups is 1. The van der Waals surface area contributed by atoms with Crippen molar-refractivity contribution in [3.8, 4) is 11.3 Å². The lowest BCUT2D eigenvalue weighted by Gasteiger charge is -2.15. The van der Waals surface area contributed by atoms with Gasteiger partial charge in [0.05, 0.1) is 23.1 Å². The number of halogens is 2. The number of amides is 1. The minimum Gasteiger partial charge on any atom is -0.455 e. The van der Waals surface area contributed by atoms with Gasteiger partial charge in [0.25, 0.3) is 5.91 Å². The summed E-state index contributed by atoms with van der Waals surface area (Å²) < 4.78 is 68.5. The van der Waals surface area contributed by atoms with E-state index in [9.17, 15) is 27.0 Å². The zero-order valence-electron chi connectivity index (χ0n) is 22.1. The molecule has 0 spiro atoms. The van der Waals surface area contributed by atoms with Gasteiger partial charge < -0.3 is 19.4 Å². The van der Waals surface area contributed by atoms with Gasteiger partial charge in [0.2, 0.25) is 10.0 Å². The highest BCUT2D eigenvalue weighted by Gasteiger charge is 2.37. The van der Waals surface area contributed by atoms with Crippen molar-refractivity contribution in [1.82, 2.24) is 5.32 Å². The maximum absolute atomic E-state index is 14.4. The van der Waals surface area contributed by atoms with E-state index in [-0.39, 0.29) is 47.3 Å². The minimum absolute atomic E-state index is 0.131. The number of hydrogen-bond acceptors (Lipinski definition) is 6. The maximum Gasteiger partial charge on any atom is 0.492 e. The molecule has 1 atom stereocenters. The van der Waals surface area contributed by atoms with E-state index in [1.54, 1.807) is 18.2 Å². The maximum atomic E-state index is 14.4. The number of furan rings is 1. The lowest BCUT2D eigenvalue weighted by atomic mass is 9.79. The molecular formula is C29H27BF2N2O6S. The molecule has 1 aliphatic carbocycles. The van der Waals surface area contributed by atoms with Gasteiger partial charge in [0.15, 0.2) is 0 Å². The fourth-order valence-electron chi connectivity index (χ4n) is 5.43. The first kappa shape index (κ1) is 27.4. The zero-order valence-corrected chi connectivity index (χ0v) is 22.9. The standard InChI is InChI=1S/C29H27BF2N2O6S/c1-33-29(35)26-20-14-19(16-7-8-16)23(15-25(20)39-28(26)17-9-11-18(31)12-10-17)34-41(37,38)13-3-6-24-27-21(30(36)40-24)4-2-5-22(27)32/h2,4-5,9-12,14-16,24,34,36H,3,6-8,13H2,1H3,(H,33,35). The quantitative estimate of drug-likeness (QED) is 0.249. The number of sulfonamides is 1. The van der Waals surface area contributed by atoms with E-state index in [1.807, 2.05) is 0 Å². The van der Waals surface area contributed by atoms with E-state index in [2.05, 4.69) is 10.0 Å². The summed E-state index contributed by atoms with van der Waals surface area (Å²) in [6.07, 6.45) is 1.38. The van der Waals surface area contributed by atoms with E-state index in [1.165, 1.54) is 43.4 Å². The van der Waals surface area contributed by atoms with Crippen LogP contribution >= 0.6 is 0 Å². The molecule has 1 saturated carbocycles. The van der Waals surface area contributed by atoms with Crippen molar-refractivity contribution in [2.24, 2.45) is 0 Å². The third kappa shape index (κ3) is 5.34. The zero-order chi connectivity index (χ0) is 28.9. The number of rotatable bonds is 9. The Kier molecular flexibility index (Phi) is 7.09. The number of anilines is 1. The van der Waals surface area contributed by atoms with Crippen LogP contribution in [0.4, 0.5) is 14.5 Å². The van der Waals surface area contributed by atoms with Crippen molar-refractivity contribution in [1.29, 1.82) is 0 Å². The Bertz CT molecular complexity index is 1760. The summed E-state index contributed by atoms with van der Waals surface area (Å²) in [5.74, 6) is -1.17. The van der Waals surface area contributed by atoms with Gasteiger partial charge in [-0.3, -0.25) is 9.52 Å². The Balaban J connectivity index is 1.27. The molecule has 0 radical (unpaired) electrons. The second-order valence-corrected chi connectivity index (χ2v) is 12.2. The first-order chi connectivity index (χ1) is 19.6. The third-order valence-electron chi connectivity index (χ3n) is 7.55. The van der Waals surface area contributed by atoms with Crippen molar-refractivity contribution >= 4 is 45.2 Å². The molecule has 3 N–H and O–H groups in total. The average Bonchev–Trinajstić information content (AvgIpc) is 3.64. The fourth-order valence-corrected chi connectivity index (χ4v) is 6.59. The highest BCUT2D eigenvalue weighted by atomic mass is 32.2. The van der Waals surface area contributed by atoms with E-state index < -0.39 is 34.9 Å². The Morgan fingerprint density at radius 3 is 2.59 bits per heavy atom. The molecule has 8 nitrogen and oxygen atoms in total. The number of carbonyl (C=O) groups excluding carboxylic acids is 1. The van der Waals surface area contributed by atoms with Crippen LogP contribution in [0.15, 0.2) is 59.0 Å². The van der Waals surface area contributed by atoms with E-state index >= 15 is 0 Å². The number of fused-ring (bicyclic) bond motifs is 2. The number of nitrogens with one attached hydrogen (secondary N) is 2. The van der Waals surface area contributed by atoms with Crippen molar-refractivity contribution < 1.29 is 36.1 Å². The molecule has 2 heterocycles. The Hall–Kier alpha value is -3.74. The fraction of sp³-hybridized carbons (Fsp3) is 0.276. The van der Waals surface area contributed by atoms with Gasteiger partial charge in [0, 0.05) is 29.6 Å². The molecule has 1 unspecified atom stereocenters. The predicted molar refractivity (Wildman–Crippen MR) is 151 cm³/mol. The molecule has 0 bridgehead atoms. The highest BCUT2D eigenvalue weighted by molar-refractivity contribution is 7.92. The van der Waals surface area contributed by atoms with E-state index in [0.717, 1.165) is 18.4 Å². The normalized spacial score (nSPS) is 16.7. The summed E-state index contributed by atoms with van der Waals surface area (Å²) in [5.41, 5.74) is 2.85. The minimum atomic E-state index is -3.83. The summed E-state index contributed by atoms with van der Waals surface area (Å²) in [4.78, 5) is 12.9. The monoisotopic (exact) mass is 580 g/mol. The summed E-state index contributed by atoms with van der Waals surface area (Å²) >= 11 is 0. The van der Waals surface area contributed by atoms with Gasteiger partial charge in [0.1, 0.15) is 23.0 Å². The topological polar surface area (TPSA) is 118 Å². The van der Waals surface area contributed by atoms with Crippen molar-refractivity contribution in [2.75, 3.05) is 17.5 Å². The van der Waals surface area contributed by atoms with Gasteiger partial charge in [-0.05, 0) is 79.0 Å². The molecule has 2 aliphatic rings. The third-order valence-corrected chi connectivity index (χ3v) is 8.91. The predicted octanol–water partition coefficient (Wildman–Crippen LogP) is 4.60. The van der Waals surface area contributed by atoms with Crippen molar-refractivity contribution in [3.63, 3.8) is 0 Å². The van der Waals surface area contributed by atoms with Crippen LogP contribution in [0.1, 0.15) is 59.2 Å². The molecule has 3 aromatic carbocycles. The molecule has 0 saturated heterocycles.